The van der Waals surface area contributed by atoms with Gasteiger partial charge in [-0.1, -0.05) is 0 Å². The largest absolute Gasteiger partial charge is 0.394 e. The molecule has 0 aromatic carbocycles. The Morgan fingerprint density at radius 2 is 0.496 bits per heavy atom. The molecule has 1 unspecified atom stereocenters. The van der Waals surface area contributed by atoms with Gasteiger partial charge in [-0.15, -0.1) is 0 Å². The fourth-order valence-electron chi connectivity index (χ4n) is 16.1. The zero-order chi connectivity index (χ0) is 92.1. The lowest BCUT2D eigenvalue weighted by atomic mass is 9.93. The van der Waals surface area contributed by atoms with Crippen molar-refractivity contribution in [1.29, 1.82) is 0 Å². The Labute approximate surface area is 708 Å². The Morgan fingerprint density at radius 3 is 0.952 bits per heavy atom. The second-order valence-corrected chi connectivity index (χ2v) is 31.8. The van der Waals surface area contributed by atoms with Gasteiger partial charge < -0.3 is 249 Å². The molecule has 10 saturated heterocycles. The SMILES string of the molecule is CC(=O)N[C@@H]1[C@H](O[C@@H]2[C@@H](O[C@@H]3[C@H](O)[C@H](O[C@H]4[C@H](O)[C@@H](NC(C)=O)[C@H](O[C@H]5[C@H](O)[C@@H](NC(C)=O)C(O)O[C@@H]5CO)O[C@@H]4CO)O[C@H](CO[C@H]4O[C@H](CO[C@@H]5O[C@H](CO[C@@H]6O[C@@H](C)[C@@H](O)[C@@H](O)[C@@H]6O)[C@@H](O)[C@H](O)[C@H]5NC(C)=O)[C@@H](O)[C@H](O)[C@@H]4O[C@@H]4O[C@H](CO)[C@@H](O)[C@H](O)[C@H]4NC(C)=O)[C@H]3O)O[C@H](CO)[C@@H](O)[C@@H]2O)O[C@H](CO)[C@@H](O[C@@H]2O[C@H](CO)[C@H](O)[C@H](O)[C@H]2O)[C@@H]1O. The van der Waals surface area contributed by atoms with Gasteiger partial charge in [0.2, 0.25) is 29.5 Å². The van der Waals surface area contributed by atoms with E-state index in [2.05, 4.69) is 26.6 Å². The molecule has 0 aromatic heterocycles. The molecule has 10 aliphatic rings. The van der Waals surface area contributed by atoms with Gasteiger partial charge in [0, 0.05) is 34.6 Å². The highest BCUT2D eigenvalue weighted by molar-refractivity contribution is 5.75. The summed E-state index contributed by atoms with van der Waals surface area (Å²) in [6.45, 7) is -3.71. The molecule has 10 heterocycles. The van der Waals surface area contributed by atoms with E-state index < -0.39 is 396 Å². The number of aliphatic hydroxyl groups is 26. The second kappa shape index (κ2) is 44.9. The average molecular weight is 1830 g/mol. The first-order valence-corrected chi connectivity index (χ1v) is 40.0. The maximum atomic E-state index is 13.1. The van der Waals surface area contributed by atoms with E-state index in [0.29, 0.717) is 0 Å². The van der Waals surface area contributed by atoms with Gasteiger partial charge in [-0.05, 0) is 6.92 Å². The van der Waals surface area contributed by atoms with Crippen molar-refractivity contribution in [3.8, 4) is 0 Å². The summed E-state index contributed by atoms with van der Waals surface area (Å²) in [5.74, 6) is -4.53. The Balaban J connectivity index is 1.01. The Morgan fingerprint density at radius 1 is 0.224 bits per heavy atom. The molecule has 0 aromatic rings. The van der Waals surface area contributed by atoms with E-state index in [-0.39, 0.29) is 0 Å². The van der Waals surface area contributed by atoms with Crippen LogP contribution in [0.4, 0.5) is 0 Å². The minimum absolute atomic E-state index is 0.802. The lowest BCUT2D eigenvalue weighted by Crippen LogP contribution is -2.71. The molecule has 5 amide bonds. The first-order chi connectivity index (χ1) is 59.0. The maximum absolute atomic E-state index is 13.1. The molecule has 55 nitrogen and oxygen atoms in total. The molecule has 31 N–H and O–H groups in total. The second-order valence-electron chi connectivity index (χ2n) is 31.8. The summed E-state index contributed by atoms with van der Waals surface area (Å²) in [4.78, 5) is 63.8. The molecule has 10 aliphatic heterocycles. The summed E-state index contributed by atoms with van der Waals surface area (Å²) < 4.78 is 113. The number of carbonyl (C=O) groups excluding carboxylic acids is 5. The molecule has 0 bridgehead atoms. The van der Waals surface area contributed by atoms with Crippen molar-refractivity contribution in [2.45, 2.75) is 348 Å². The highest BCUT2D eigenvalue weighted by Crippen LogP contribution is 2.40. The number of rotatable bonds is 32. The van der Waals surface area contributed by atoms with Crippen LogP contribution in [0.3, 0.4) is 0 Å². The fraction of sp³-hybridized carbons (Fsp3) is 0.929. The third-order valence-electron chi connectivity index (χ3n) is 22.8. The van der Waals surface area contributed by atoms with E-state index in [1.807, 2.05) is 0 Å². The lowest BCUT2D eigenvalue weighted by molar-refractivity contribution is -0.398. The Kier molecular flexibility index (Phi) is 36.8. The molecule has 0 saturated carbocycles. The average Bonchev–Trinajstić information content (AvgIpc) is 0.768. The van der Waals surface area contributed by atoms with Crippen LogP contribution in [0.1, 0.15) is 41.5 Å². The van der Waals surface area contributed by atoms with Crippen molar-refractivity contribution >= 4 is 29.5 Å². The monoisotopic (exact) mass is 1830 g/mol. The van der Waals surface area contributed by atoms with Crippen LogP contribution in [0.25, 0.3) is 0 Å². The predicted molar refractivity (Wildman–Crippen MR) is 386 cm³/mol. The van der Waals surface area contributed by atoms with Crippen LogP contribution in [0.5, 0.6) is 0 Å². The van der Waals surface area contributed by atoms with Gasteiger partial charge >= 0.3 is 0 Å². The van der Waals surface area contributed by atoms with Crippen molar-refractivity contribution in [2.24, 2.45) is 0 Å². The first kappa shape index (κ1) is 103. The predicted octanol–water partition coefficient (Wildman–Crippen LogP) is -21.1. The third-order valence-corrected chi connectivity index (χ3v) is 22.8. The molecule has 0 aliphatic carbocycles. The van der Waals surface area contributed by atoms with E-state index >= 15 is 0 Å². The topological polar surface area (TPSA) is 847 Å². The van der Waals surface area contributed by atoms with Gasteiger partial charge in [-0.3, -0.25) is 24.0 Å². The zero-order valence-corrected chi connectivity index (χ0v) is 67.7. The van der Waals surface area contributed by atoms with Gasteiger partial charge in [0.05, 0.1) is 65.6 Å². The molecule has 10 rings (SSSR count). The van der Waals surface area contributed by atoms with E-state index in [1.165, 1.54) is 6.92 Å². The van der Waals surface area contributed by atoms with Gasteiger partial charge in [0.1, 0.15) is 238 Å². The van der Waals surface area contributed by atoms with E-state index in [9.17, 15) is 157 Å². The summed E-state index contributed by atoms with van der Waals surface area (Å²) in [7, 11) is 0. The summed E-state index contributed by atoms with van der Waals surface area (Å²) >= 11 is 0. The quantitative estimate of drug-likeness (QED) is 0.0297. The van der Waals surface area contributed by atoms with Crippen molar-refractivity contribution in [1.82, 2.24) is 26.6 Å². The minimum atomic E-state index is -2.64. The van der Waals surface area contributed by atoms with Crippen LogP contribution < -0.4 is 26.6 Å². The van der Waals surface area contributed by atoms with Crippen LogP contribution in [0, 0.1) is 0 Å². The van der Waals surface area contributed by atoms with Crippen molar-refractivity contribution in [3.63, 3.8) is 0 Å². The molecule has 10 fully saturated rings. The van der Waals surface area contributed by atoms with Gasteiger partial charge in [0.25, 0.3) is 0 Å². The molecule has 722 valence electrons. The van der Waals surface area contributed by atoms with Crippen molar-refractivity contribution in [2.75, 3.05) is 59.5 Å². The summed E-state index contributed by atoms with van der Waals surface area (Å²) in [5, 5.41) is 304. The number of aliphatic hydroxyl groups excluding tert-OH is 26. The smallest absolute Gasteiger partial charge is 0.217 e. The molecular formula is C70H117N5O50. The standard InChI is InChI=1S/C70H117N5O50/c1-16-36(87)48(99)52(103)66(110-16)108-14-28-40(91)43(94)32(72-18(3)83)62(117-28)107-13-29-41(92)51(102)59(124-63-33(73-19(4)84)44(95)37(88)22(7-76)112-63)69(119-29)109-15-30-42(93)58(54(105)68(118-30)122-57-27(12-81)115-64(34(46(57)97)74-20(5)85)120-55-25(10-79)111-61(106)31(45(55)96)71-17(2)82)123-70-60(50(101)39(90)24(9-78)114-70)125-65-35(75-21(6)86)47(98)56(26(11-80)116-65)121-67-53(104)49(100)38(89)23(8-77)113-67/h16,22-70,76-81,87-106H,7-15H2,1-6H3,(H,71,82)(H,72,83)(H,73,84)(H,74,85)(H,75,86)/t16-,22+,23+,24+,25+,26+,27+,28+,29+,30+,31+,32+,33+,34+,35-,36+,37+,38-,39+,40+,41+,42+,43+,44+,45+,46+,47+,48+,49-,50-,51-,52-,53+,54-,55+,56+,57+,58-,59-,60-,61?,62+,63-,64-,65-,66+,67-,68-,69-,70+/m0/s1. The highest BCUT2D eigenvalue weighted by atomic mass is 16.8. The normalized spacial score (nSPS) is 48.7. The van der Waals surface area contributed by atoms with Crippen molar-refractivity contribution < 1.29 is 247 Å². The van der Waals surface area contributed by atoms with E-state index in [1.54, 1.807) is 0 Å². The summed E-state index contributed by atoms with van der Waals surface area (Å²) in [6.07, 6.45) is -93.3. The Bertz CT molecular complexity index is 3420. The van der Waals surface area contributed by atoms with Gasteiger partial charge in [0.15, 0.2) is 62.9 Å². The Hall–Kier alpha value is -4.45. The number of hydrogen-bond acceptors (Lipinski definition) is 50. The highest BCUT2D eigenvalue weighted by Gasteiger charge is 2.61. The molecule has 50 atom stereocenters. The van der Waals surface area contributed by atoms with Crippen LogP contribution in [-0.4, -0.2) is 529 Å². The van der Waals surface area contributed by atoms with Crippen molar-refractivity contribution in [3.05, 3.63) is 0 Å². The molecular weight excluding hydrogens is 1710 g/mol. The summed E-state index contributed by atoms with van der Waals surface area (Å²) in [5.41, 5.74) is 0. The molecule has 0 radical (unpaired) electrons. The van der Waals surface area contributed by atoms with Crippen LogP contribution in [0.15, 0.2) is 0 Å². The number of carbonyl (C=O) groups is 5. The van der Waals surface area contributed by atoms with Gasteiger partial charge in [-0.2, -0.15) is 0 Å². The van der Waals surface area contributed by atoms with Crippen LogP contribution in [0.2, 0.25) is 0 Å². The molecule has 0 spiro atoms. The maximum Gasteiger partial charge on any atom is 0.217 e. The minimum Gasteiger partial charge on any atom is -0.394 e. The van der Waals surface area contributed by atoms with Crippen LogP contribution in [-0.2, 0) is 114 Å². The number of ether oxygens (including phenoxy) is 19. The molecule has 55 heteroatoms. The zero-order valence-electron chi connectivity index (χ0n) is 67.7. The third kappa shape index (κ3) is 23.3. The summed E-state index contributed by atoms with van der Waals surface area (Å²) in [6, 6.07) is -9.24. The van der Waals surface area contributed by atoms with Crippen LogP contribution >= 0.6 is 0 Å². The lowest BCUT2D eigenvalue weighted by Gasteiger charge is -2.51. The van der Waals surface area contributed by atoms with E-state index in [0.717, 1.165) is 34.6 Å². The number of hydrogen-bond donors (Lipinski definition) is 31. The van der Waals surface area contributed by atoms with Gasteiger partial charge in [-0.25, -0.2) is 0 Å². The molecule has 125 heavy (non-hydrogen) atoms. The number of nitrogens with one attached hydrogen (secondary N) is 5. The van der Waals surface area contributed by atoms with E-state index in [4.69, 9.17) is 90.0 Å². The fourth-order valence-corrected chi connectivity index (χ4v) is 16.1. The first-order valence-electron chi connectivity index (χ1n) is 40.0. The number of amides is 5.